The van der Waals surface area contributed by atoms with Gasteiger partial charge in [-0.3, -0.25) is 9.79 Å². The second-order valence-corrected chi connectivity index (χ2v) is 4.55. The minimum absolute atomic E-state index is 0.454. The van der Waals surface area contributed by atoms with E-state index in [-0.39, 0.29) is 0 Å². The highest BCUT2D eigenvalue weighted by Crippen LogP contribution is 2.37. The molecular weight excluding hydrogens is 261 g/mol. The molecule has 0 fully saturated rings. The fourth-order valence-corrected chi connectivity index (χ4v) is 1.47. The van der Waals surface area contributed by atoms with Gasteiger partial charge < -0.3 is 15.4 Å². The molecule has 0 aliphatic heterocycles. The summed E-state index contributed by atoms with van der Waals surface area (Å²) in [5.74, 6) is -1.42. The Morgan fingerprint density at radius 1 is 1.33 bits per heavy atom. The number of aliphatic carboxylic acids is 1. The molecule has 1 atom stereocenters. The van der Waals surface area contributed by atoms with Gasteiger partial charge in [-0.25, -0.2) is 9.36 Å². The zero-order valence-electron chi connectivity index (χ0n) is 9.13. The van der Waals surface area contributed by atoms with Crippen LogP contribution in [0, 0.1) is 0 Å². The number of carbonyl (C=O) groups is 1. The molecule has 0 amide bonds. The number of phosphoric ester groups is 1. The van der Waals surface area contributed by atoms with Crippen molar-refractivity contribution in [3.8, 4) is 0 Å². The number of benzene rings is 1. The lowest BCUT2D eigenvalue weighted by atomic mass is 10.0. The summed E-state index contributed by atoms with van der Waals surface area (Å²) < 4.78 is 14.6. The Labute approximate surface area is 103 Å². The smallest absolute Gasteiger partial charge is 0.478 e. The summed E-state index contributed by atoms with van der Waals surface area (Å²) in [7, 11) is -4.79. The summed E-state index contributed by atoms with van der Waals surface area (Å²) in [4.78, 5) is 28.0. The first kappa shape index (κ1) is 14.4. The van der Waals surface area contributed by atoms with Crippen molar-refractivity contribution in [3.05, 3.63) is 47.7 Å². The molecule has 0 saturated carbocycles. The number of hydrogen-bond donors (Lipinski definition) is 4. The first-order valence-corrected chi connectivity index (χ1v) is 6.32. The Morgan fingerprint density at radius 3 is 2.33 bits per heavy atom. The van der Waals surface area contributed by atoms with Crippen molar-refractivity contribution in [2.45, 2.75) is 6.04 Å². The fraction of sp³-hybridized carbons (Fsp3) is 0.100. The average Bonchev–Trinajstić information content (AvgIpc) is 2.28. The van der Waals surface area contributed by atoms with Crippen LogP contribution in [0.5, 0.6) is 0 Å². The maximum Gasteiger partial charge on any atom is 0.524 e. The van der Waals surface area contributed by atoms with Crippen LogP contribution in [0.25, 0.3) is 0 Å². The second kappa shape index (κ2) is 5.79. The topological polar surface area (TPSA) is 130 Å². The largest absolute Gasteiger partial charge is 0.524 e. The normalized spacial score (nSPS) is 14.1. The van der Waals surface area contributed by atoms with Gasteiger partial charge in [0.25, 0.3) is 0 Å². The van der Waals surface area contributed by atoms with Gasteiger partial charge in [0, 0.05) is 0 Å². The number of rotatable bonds is 5. The monoisotopic (exact) mass is 273 g/mol. The van der Waals surface area contributed by atoms with E-state index in [2.05, 4.69) is 4.52 Å². The van der Waals surface area contributed by atoms with E-state index in [9.17, 15) is 9.36 Å². The standard InChI is InChI=1S/C10H12NO6P/c11-9(7-4-2-1-3-5-7)8(10(12)13)6-17-18(14,15)16/h1-6,9H,11H2,(H,12,13)(H2,14,15,16). The molecule has 0 aromatic heterocycles. The van der Waals surface area contributed by atoms with Gasteiger partial charge >= 0.3 is 13.8 Å². The van der Waals surface area contributed by atoms with Crippen molar-refractivity contribution in [2.24, 2.45) is 5.73 Å². The van der Waals surface area contributed by atoms with Crippen LogP contribution in [-0.4, -0.2) is 20.9 Å². The maximum atomic E-state index is 10.9. The van der Waals surface area contributed by atoms with Gasteiger partial charge in [0.1, 0.15) is 6.26 Å². The zero-order chi connectivity index (χ0) is 13.8. The molecule has 18 heavy (non-hydrogen) atoms. The molecule has 7 nitrogen and oxygen atoms in total. The van der Waals surface area contributed by atoms with E-state index in [1.807, 2.05) is 0 Å². The van der Waals surface area contributed by atoms with E-state index in [0.717, 1.165) is 0 Å². The Kier molecular flexibility index (Phi) is 4.63. The molecule has 98 valence electrons. The van der Waals surface area contributed by atoms with Crippen molar-refractivity contribution >= 4 is 13.8 Å². The predicted molar refractivity (Wildman–Crippen MR) is 62.2 cm³/mol. The quantitative estimate of drug-likeness (QED) is 0.354. The minimum Gasteiger partial charge on any atom is -0.478 e. The molecule has 0 radical (unpaired) electrons. The zero-order valence-corrected chi connectivity index (χ0v) is 10.0. The Hall–Kier alpha value is -1.66. The van der Waals surface area contributed by atoms with Crippen LogP contribution < -0.4 is 5.73 Å². The van der Waals surface area contributed by atoms with Crippen LogP contribution >= 0.6 is 7.82 Å². The van der Waals surface area contributed by atoms with Crippen molar-refractivity contribution in [2.75, 3.05) is 0 Å². The van der Waals surface area contributed by atoms with E-state index in [1.54, 1.807) is 30.3 Å². The number of carboxylic acids is 1. The Bertz CT molecular complexity index is 494. The summed E-state index contributed by atoms with van der Waals surface area (Å²) in [5.41, 5.74) is 5.72. The molecule has 1 unspecified atom stereocenters. The molecule has 0 aliphatic rings. The van der Waals surface area contributed by atoms with Crippen molar-refractivity contribution in [1.82, 2.24) is 0 Å². The van der Waals surface area contributed by atoms with Gasteiger partial charge in [-0.2, -0.15) is 0 Å². The summed E-state index contributed by atoms with van der Waals surface area (Å²) in [5, 5.41) is 8.92. The number of nitrogens with two attached hydrogens (primary N) is 1. The molecule has 1 aromatic rings. The van der Waals surface area contributed by atoms with Gasteiger partial charge in [-0.15, -0.1) is 0 Å². The lowest BCUT2D eigenvalue weighted by Crippen LogP contribution is -2.19. The highest BCUT2D eigenvalue weighted by Gasteiger charge is 2.21. The molecule has 5 N–H and O–H groups in total. The van der Waals surface area contributed by atoms with Crippen molar-refractivity contribution < 1.29 is 28.8 Å². The molecule has 8 heteroatoms. The Balaban J connectivity index is 3.00. The van der Waals surface area contributed by atoms with E-state index < -0.39 is 25.4 Å². The first-order chi connectivity index (χ1) is 8.31. The van der Waals surface area contributed by atoms with Crippen LogP contribution in [0.15, 0.2) is 42.2 Å². The molecular formula is C10H12NO6P. The van der Waals surface area contributed by atoms with E-state index in [1.165, 1.54) is 0 Å². The third kappa shape index (κ3) is 4.31. The molecule has 0 spiro atoms. The van der Waals surface area contributed by atoms with Gasteiger partial charge in [0.05, 0.1) is 11.6 Å². The Morgan fingerprint density at radius 2 is 1.89 bits per heavy atom. The first-order valence-electron chi connectivity index (χ1n) is 4.79. The van der Waals surface area contributed by atoms with Crippen LogP contribution in [-0.2, 0) is 13.9 Å². The van der Waals surface area contributed by atoms with Gasteiger partial charge in [0.15, 0.2) is 0 Å². The molecule has 0 aliphatic carbocycles. The second-order valence-electron chi connectivity index (χ2n) is 3.36. The third-order valence-corrected chi connectivity index (χ3v) is 2.44. The molecule has 0 heterocycles. The SMILES string of the molecule is NC(C(=COP(=O)(O)O)C(=O)O)c1ccccc1. The van der Waals surface area contributed by atoms with Crippen LogP contribution in [0.1, 0.15) is 11.6 Å². The summed E-state index contributed by atoms with van der Waals surface area (Å²) in [6.07, 6.45) is 0.473. The highest BCUT2D eigenvalue weighted by atomic mass is 31.2. The van der Waals surface area contributed by atoms with Crippen LogP contribution in [0.2, 0.25) is 0 Å². The van der Waals surface area contributed by atoms with E-state index in [0.29, 0.717) is 11.8 Å². The molecule has 1 aromatic carbocycles. The minimum atomic E-state index is -4.79. The highest BCUT2D eigenvalue weighted by molar-refractivity contribution is 7.46. The maximum absolute atomic E-state index is 10.9. The van der Waals surface area contributed by atoms with Gasteiger partial charge in [-0.1, -0.05) is 30.3 Å². The molecule has 1 rings (SSSR count). The van der Waals surface area contributed by atoms with Crippen molar-refractivity contribution in [3.63, 3.8) is 0 Å². The van der Waals surface area contributed by atoms with Crippen LogP contribution in [0.4, 0.5) is 0 Å². The van der Waals surface area contributed by atoms with Gasteiger partial charge in [-0.05, 0) is 5.56 Å². The van der Waals surface area contributed by atoms with Crippen molar-refractivity contribution in [1.29, 1.82) is 0 Å². The number of phosphoric acid groups is 1. The summed E-state index contributed by atoms with van der Waals surface area (Å²) in [6.45, 7) is 0. The van der Waals surface area contributed by atoms with Gasteiger partial charge in [0.2, 0.25) is 0 Å². The fourth-order valence-electron chi connectivity index (χ4n) is 1.22. The lowest BCUT2D eigenvalue weighted by Gasteiger charge is -2.13. The third-order valence-electron chi connectivity index (χ3n) is 2.06. The molecule has 0 saturated heterocycles. The summed E-state index contributed by atoms with van der Waals surface area (Å²) in [6, 6.07) is 7.21. The number of hydrogen-bond acceptors (Lipinski definition) is 4. The predicted octanol–water partition coefficient (Wildman–Crippen LogP) is 0.764. The average molecular weight is 273 g/mol. The number of carboxylic acid groups (broad SMARTS) is 1. The molecule has 0 bridgehead atoms. The van der Waals surface area contributed by atoms with E-state index >= 15 is 0 Å². The summed E-state index contributed by atoms with van der Waals surface area (Å²) >= 11 is 0. The lowest BCUT2D eigenvalue weighted by molar-refractivity contribution is -0.133. The van der Waals surface area contributed by atoms with E-state index in [4.69, 9.17) is 20.6 Å². The van der Waals surface area contributed by atoms with Crippen LogP contribution in [0.3, 0.4) is 0 Å².